The second-order valence-electron chi connectivity index (χ2n) is 8.27. The standard InChI is InChI=1S/C24H24F2N2O5/c1-2-19(22(30)31)28-21(29)20-18(24(20,25)26)11-27-23(32)33-12-17-15-9-5-3-7-13(15)14-8-4-6-10-16(14)17/h3-10,17-20H,2,11-12H2,1H3,(H,27,32)(H,28,29)(H,30,31)/t18-,19?,20-/m0/s1. The summed E-state index contributed by atoms with van der Waals surface area (Å²) in [6, 6.07) is 14.4. The van der Waals surface area contributed by atoms with Gasteiger partial charge in [-0.3, -0.25) is 4.79 Å². The first-order valence-corrected chi connectivity index (χ1v) is 10.8. The first-order chi connectivity index (χ1) is 15.8. The Balaban J connectivity index is 1.32. The van der Waals surface area contributed by atoms with Gasteiger partial charge >= 0.3 is 12.1 Å². The molecule has 7 nitrogen and oxygen atoms in total. The quantitative estimate of drug-likeness (QED) is 0.563. The predicted octanol–water partition coefficient (Wildman–Crippen LogP) is 3.39. The Hall–Kier alpha value is -3.49. The summed E-state index contributed by atoms with van der Waals surface area (Å²) in [5.41, 5.74) is 4.20. The summed E-state index contributed by atoms with van der Waals surface area (Å²) in [5, 5.41) is 13.4. The number of aliphatic carboxylic acids is 1. The fourth-order valence-electron chi connectivity index (χ4n) is 4.44. The van der Waals surface area contributed by atoms with Crippen molar-refractivity contribution in [2.24, 2.45) is 11.8 Å². The predicted molar refractivity (Wildman–Crippen MR) is 115 cm³/mol. The van der Waals surface area contributed by atoms with Gasteiger partial charge in [0.2, 0.25) is 5.91 Å². The molecule has 0 spiro atoms. The van der Waals surface area contributed by atoms with Crippen molar-refractivity contribution in [2.45, 2.75) is 31.2 Å². The van der Waals surface area contributed by atoms with E-state index in [1.165, 1.54) is 6.92 Å². The van der Waals surface area contributed by atoms with Crippen LogP contribution in [0.4, 0.5) is 13.6 Å². The fraction of sp³-hybridized carbons (Fsp3) is 0.375. The molecule has 9 heteroatoms. The summed E-state index contributed by atoms with van der Waals surface area (Å²) in [6.45, 7) is 1.12. The van der Waals surface area contributed by atoms with E-state index in [2.05, 4.69) is 10.6 Å². The average molecular weight is 458 g/mol. The smallest absolute Gasteiger partial charge is 0.407 e. The number of carboxylic acid groups (broad SMARTS) is 1. The zero-order chi connectivity index (χ0) is 23.8. The van der Waals surface area contributed by atoms with Gasteiger partial charge in [0, 0.05) is 12.5 Å². The van der Waals surface area contributed by atoms with E-state index in [0.29, 0.717) is 0 Å². The maximum Gasteiger partial charge on any atom is 0.407 e. The third kappa shape index (κ3) is 4.27. The summed E-state index contributed by atoms with van der Waals surface area (Å²) >= 11 is 0. The molecule has 33 heavy (non-hydrogen) atoms. The Morgan fingerprint density at radius 2 is 1.64 bits per heavy atom. The molecule has 1 saturated carbocycles. The minimum atomic E-state index is -3.32. The SMILES string of the molecule is CCC(NC(=O)[C@@H]1[C@H](CNC(=O)OCC2c3ccccc3-c3ccccc32)C1(F)F)C(=O)O. The van der Waals surface area contributed by atoms with Crippen LogP contribution in [0.5, 0.6) is 0 Å². The number of carbonyl (C=O) groups is 3. The lowest BCUT2D eigenvalue weighted by molar-refractivity contribution is -0.142. The van der Waals surface area contributed by atoms with E-state index < -0.39 is 48.3 Å². The molecule has 2 aromatic rings. The van der Waals surface area contributed by atoms with Crippen molar-refractivity contribution in [1.29, 1.82) is 0 Å². The third-order valence-electron chi connectivity index (χ3n) is 6.32. The van der Waals surface area contributed by atoms with Crippen LogP contribution in [0.25, 0.3) is 11.1 Å². The van der Waals surface area contributed by atoms with Crippen LogP contribution in [0, 0.1) is 11.8 Å². The van der Waals surface area contributed by atoms with Crippen LogP contribution in [0.2, 0.25) is 0 Å². The number of fused-ring (bicyclic) bond motifs is 3. The van der Waals surface area contributed by atoms with Crippen LogP contribution < -0.4 is 10.6 Å². The number of amides is 2. The van der Waals surface area contributed by atoms with E-state index in [0.717, 1.165) is 22.3 Å². The molecule has 0 bridgehead atoms. The highest BCUT2D eigenvalue weighted by atomic mass is 19.3. The molecule has 0 saturated heterocycles. The zero-order valence-electron chi connectivity index (χ0n) is 17.9. The minimum absolute atomic E-state index is 0.0433. The van der Waals surface area contributed by atoms with E-state index in [4.69, 9.17) is 9.84 Å². The maximum atomic E-state index is 14.1. The van der Waals surface area contributed by atoms with Gasteiger partial charge < -0.3 is 20.5 Å². The highest BCUT2D eigenvalue weighted by Gasteiger charge is 2.71. The molecule has 1 unspecified atom stereocenters. The summed E-state index contributed by atoms with van der Waals surface area (Å²) in [7, 11) is 0. The topological polar surface area (TPSA) is 105 Å². The molecule has 2 aliphatic carbocycles. The van der Waals surface area contributed by atoms with Crippen LogP contribution >= 0.6 is 0 Å². The van der Waals surface area contributed by atoms with Gasteiger partial charge in [0.1, 0.15) is 18.6 Å². The minimum Gasteiger partial charge on any atom is -0.480 e. The number of hydrogen-bond donors (Lipinski definition) is 3. The molecule has 0 heterocycles. The molecular formula is C24H24F2N2O5. The van der Waals surface area contributed by atoms with Crippen molar-refractivity contribution in [2.75, 3.05) is 13.2 Å². The summed E-state index contributed by atoms with van der Waals surface area (Å²) in [6.07, 6.45) is -0.780. The van der Waals surface area contributed by atoms with Gasteiger partial charge in [-0.15, -0.1) is 0 Å². The molecule has 0 aliphatic heterocycles. The molecule has 3 N–H and O–H groups in total. The molecular weight excluding hydrogens is 434 g/mol. The van der Waals surface area contributed by atoms with Gasteiger partial charge in [-0.2, -0.15) is 0 Å². The first kappa shape index (κ1) is 22.7. The lowest BCUT2D eigenvalue weighted by Gasteiger charge is -2.14. The Morgan fingerprint density at radius 1 is 1.06 bits per heavy atom. The lowest BCUT2D eigenvalue weighted by Crippen LogP contribution is -2.42. The van der Waals surface area contributed by atoms with Gasteiger partial charge in [0.15, 0.2) is 0 Å². The first-order valence-electron chi connectivity index (χ1n) is 10.8. The molecule has 0 radical (unpaired) electrons. The van der Waals surface area contributed by atoms with Crippen molar-refractivity contribution in [3.8, 4) is 11.1 Å². The number of alkyl halides is 2. The molecule has 2 aliphatic rings. The van der Waals surface area contributed by atoms with Crippen LogP contribution in [0.1, 0.15) is 30.4 Å². The Labute approximate surface area is 189 Å². The van der Waals surface area contributed by atoms with Crippen molar-refractivity contribution in [3.63, 3.8) is 0 Å². The van der Waals surface area contributed by atoms with Crippen molar-refractivity contribution < 1.29 is 33.0 Å². The number of hydrogen-bond acceptors (Lipinski definition) is 4. The molecule has 1 fully saturated rings. The Bertz CT molecular complexity index is 1040. The van der Waals surface area contributed by atoms with Crippen molar-refractivity contribution in [1.82, 2.24) is 10.6 Å². The van der Waals surface area contributed by atoms with E-state index in [1.54, 1.807) is 0 Å². The number of benzene rings is 2. The van der Waals surface area contributed by atoms with Gasteiger partial charge in [-0.25, -0.2) is 18.4 Å². The number of alkyl carbamates (subject to hydrolysis) is 1. The lowest BCUT2D eigenvalue weighted by atomic mass is 9.98. The van der Waals surface area contributed by atoms with E-state index in [-0.39, 0.29) is 18.9 Å². The normalized spacial score (nSPS) is 20.8. The van der Waals surface area contributed by atoms with Crippen LogP contribution in [-0.2, 0) is 14.3 Å². The number of carboxylic acids is 1. The average Bonchev–Trinajstić information content (AvgIpc) is 3.20. The fourth-order valence-corrected chi connectivity index (χ4v) is 4.44. The Morgan fingerprint density at radius 3 is 2.18 bits per heavy atom. The third-order valence-corrected chi connectivity index (χ3v) is 6.32. The van der Waals surface area contributed by atoms with Crippen molar-refractivity contribution in [3.05, 3.63) is 59.7 Å². The van der Waals surface area contributed by atoms with Gasteiger partial charge in [-0.1, -0.05) is 55.5 Å². The monoisotopic (exact) mass is 458 g/mol. The Kier molecular flexibility index (Phi) is 6.05. The number of ether oxygens (including phenoxy) is 1. The van der Waals surface area contributed by atoms with Gasteiger partial charge in [-0.05, 0) is 28.7 Å². The van der Waals surface area contributed by atoms with Crippen LogP contribution in [0.3, 0.4) is 0 Å². The largest absolute Gasteiger partial charge is 0.480 e. The molecule has 2 amide bonds. The van der Waals surface area contributed by atoms with Gasteiger partial charge in [0.05, 0.1) is 5.92 Å². The van der Waals surface area contributed by atoms with E-state index >= 15 is 0 Å². The molecule has 2 aromatic carbocycles. The second kappa shape index (κ2) is 8.80. The van der Waals surface area contributed by atoms with Gasteiger partial charge in [0.25, 0.3) is 5.92 Å². The highest BCUT2D eigenvalue weighted by molar-refractivity contribution is 5.88. The number of carbonyl (C=O) groups excluding carboxylic acids is 2. The molecule has 174 valence electrons. The van der Waals surface area contributed by atoms with Crippen LogP contribution in [-0.4, -0.2) is 48.2 Å². The number of halogens is 2. The van der Waals surface area contributed by atoms with E-state index in [1.807, 2.05) is 48.5 Å². The number of rotatable bonds is 8. The van der Waals surface area contributed by atoms with Crippen LogP contribution in [0.15, 0.2) is 48.5 Å². The molecule has 3 atom stereocenters. The van der Waals surface area contributed by atoms with E-state index in [9.17, 15) is 23.2 Å². The summed E-state index contributed by atoms with van der Waals surface area (Å²) in [4.78, 5) is 35.3. The zero-order valence-corrected chi connectivity index (χ0v) is 17.9. The summed E-state index contributed by atoms with van der Waals surface area (Å²) < 4.78 is 33.5. The van der Waals surface area contributed by atoms with Crippen molar-refractivity contribution >= 4 is 18.0 Å². The molecule has 0 aromatic heterocycles. The second-order valence-corrected chi connectivity index (χ2v) is 8.27. The number of nitrogens with one attached hydrogen (secondary N) is 2. The highest BCUT2D eigenvalue weighted by Crippen LogP contribution is 2.55. The summed E-state index contributed by atoms with van der Waals surface area (Å²) in [5.74, 6) is -8.90. The molecule has 4 rings (SSSR count). The maximum absolute atomic E-state index is 14.1.